The molecule has 2 nitrogen and oxygen atoms in total. The van der Waals surface area contributed by atoms with Crippen molar-refractivity contribution >= 4 is 0 Å². The molecule has 0 aliphatic carbocycles. The molecule has 2 atom stereocenters. The van der Waals surface area contributed by atoms with Gasteiger partial charge in [-0.15, -0.1) is 0 Å². The SMILES string of the molecule is CCCCCCCC(CN)N(C)C(C)CCC. The Kier molecular flexibility index (Phi) is 11.0. The van der Waals surface area contributed by atoms with Gasteiger partial charge in [0.25, 0.3) is 0 Å². The van der Waals surface area contributed by atoms with E-state index in [1.807, 2.05) is 0 Å². The Bertz CT molecular complexity index is 159. The van der Waals surface area contributed by atoms with Crippen molar-refractivity contribution in [2.75, 3.05) is 13.6 Å². The van der Waals surface area contributed by atoms with E-state index in [1.54, 1.807) is 0 Å². The highest BCUT2D eigenvalue weighted by Gasteiger charge is 2.17. The summed E-state index contributed by atoms with van der Waals surface area (Å²) in [4.78, 5) is 2.49. The number of hydrogen-bond acceptors (Lipinski definition) is 2. The molecule has 104 valence electrons. The quantitative estimate of drug-likeness (QED) is 0.558. The van der Waals surface area contributed by atoms with Crippen LogP contribution in [-0.2, 0) is 0 Å². The molecule has 0 heterocycles. The molecule has 0 saturated carbocycles. The lowest BCUT2D eigenvalue weighted by molar-refractivity contribution is 0.168. The van der Waals surface area contributed by atoms with Crippen molar-refractivity contribution in [3.63, 3.8) is 0 Å². The van der Waals surface area contributed by atoms with E-state index in [2.05, 4.69) is 32.7 Å². The summed E-state index contributed by atoms with van der Waals surface area (Å²) in [6.45, 7) is 7.65. The zero-order valence-electron chi connectivity index (χ0n) is 12.5. The molecular formula is C15H34N2. The van der Waals surface area contributed by atoms with Crippen LogP contribution in [0.3, 0.4) is 0 Å². The van der Waals surface area contributed by atoms with Crippen molar-refractivity contribution in [2.45, 2.75) is 84.2 Å². The Labute approximate surface area is 109 Å². The molecule has 17 heavy (non-hydrogen) atoms. The molecule has 0 amide bonds. The maximum absolute atomic E-state index is 5.91. The topological polar surface area (TPSA) is 29.3 Å². The van der Waals surface area contributed by atoms with Crippen LogP contribution in [0.15, 0.2) is 0 Å². The lowest BCUT2D eigenvalue weighted by Crippen LogP contribution is -2.43. The van der Waals surface area contributed by atoms with Gasteiger partial charge in [-0.3, -0.25) is 4.90 Å². The molecule has 0 rings (SSSR count). The van der Waals surface area contributed by atoms with Crippen molar-refractivity contribution in [1.29, 1.82) is 0 Å². The van der Waals surface area contributed by atoms with Gasteiger partial charge < -0.3 is 5.73 Å². The summed E-state index contributed by atoms with van der Waals surface area (Å²) in [6, 6.07) is 1.25. The molecule has 0 spiro atoms. The van der Waals surface area contributed by atoms with Gasteiger partial charge in [-0.05, 0) is 26.8 Å². The maximum atomic E-state index is 5.91. The van der Waals surface area contributed by atoms with Crippen LogP contribution in [0, 0.1) is 0 Å². The molecule has 2 unspecified atom stereocenters. The van der Waals surface area contributed by atoms with Crippen LogP contribution in [0.5, 0.6) is 0 Å². The summed E-state index contributed by atoms with van der Waals surface area (Å²) in [6.07, 6.45) is 10.6. The number of rotatable bonds is 11. The van der Waals surface area contributed by atoms with Crippen LogP contribution in [0.1, 0.15) is 72.1 Å². The van der Waals surface area contributed by atoms with Crippen molar-refractivity contribution < 1.29 is 0 Å². The average Bonchev–Trinajstić information content (AvgIpc) is 2.33. The largest absolute Gasteiger partial charge is 0.329 e. The van der Waals surface area contributed by atoms with Crippen molar-refractivity contribution in [2.24, 2.45) is 5.73 Å². The summed E-state index contributed by atoms with van der Waals surface area (Å²) >= 11 is 0. The summed E-state index contributed by atoms with van der Waals surface area (Å²) < 4.78 is 0. The second-order valence-electron chi connectivity index (χ2n) is 5.40. The van der Waals surface area contributed by atoms with Crippen LogP contribution >= 0.6 is 0 Å². The Morgan fingerprint density at radius 2 is 1.59 bits per heavy atom. The van der Waals surface area contributed by atoms with E-state index in [0.29, 0.717) is 12.1 Å². The van der Waals surface area contributed by atoms with Crippen molar-refractivity contribution in [3.05, 3.63) is 0 Å². The minimum atomic E-state index is 0.582. The van der Waals surface area contributed by atoms with Crippen LogP contribution in [0.25, 0.3) is 0 Å². The molecule has 0 aromatic heterocycles. The van der Waals surface area contributed by atoms with E-state index in [-0.39, 0.29) is 0 Å². The number of hydrogen-bond donors (Lipinski definition) is 1. The standard InChI is InChI=1S/C15H34N2/c1-5-7-8-9-10-12-15(13-16)17(4)14(3)11-6-2/h14-15H,5-13,16H2,1-4H3. The summed E-state index contributed by atoms with van der Waals surface area (Å²) in [5, 5.41) is 0. The Morgan fingerprint density at radius 1 is 0.941 bits per heavy atom. The van der Waals surface area contributed by atoms with Gasteiger partial charge in [-0.1, -0.05) is 52.4 Å². The minimum absolute atomic E-state index is 0.582. The summed E-state index contributed by atoms with van der Waals surface area (Å²) in [5.41, 5.74) is 5.91. The zero-order chi connectivity index (χ0) is 13.1. The van der Waals surface area contributed by atoms with E-state index in [9.17, 15) is 0 Å². The molecule has 0 aromatic rings. The second kappa shape index (κ2) is 11.0. The molecule has 0 radical (unpaired) electrons. The van der Waals surface area contributed by atoms with Crippen LogP contribution in [0.2, 0.25) is 0 Å². The monoisotopic (exact) mass is 242 g/mol. The van der Waals surface area contributed by atoms with Crippen LogP contribution < -0.4 is 5.73 Å². The summed E-state index contributed by atoms with van der Waals surface area (Å²) in [7, 11) is 2.24. The maximum Gasteiger partial charge on any atom is 0.0218 e. The third kappa shape index (κ3) is 7.77. The third-order valence-corrected chi connectivity index (χ3v) is 3.89. The van der Waals surface area contributed by atoms with E-state index in [1.165, 1.54) is 51.4 Å². The Hall–Kier alpha value is -0.0800. The first-order valence-corrected chi connectivity index (χ1v) is 7.59. The molecule has 2 N–H and O–H groups in total. The van der Waals surface area contributed by atoms with Gasteiger partial charge in [-0.2, -0.15) is 0 Å². The predicted molar refractivity (Wildman–Crippen MR) is 78.4 cm³/mol. The highest BCUT2D eigenvalue weighted by molar-refractivity contribution is 4.74. The average molecular weight is 242 g/mol. The number of nitrogens with two attached hydrogens (primary N) is 1. The Morgan fingerprint density at radius 3 is 2.12 bits per heavy atom. The summed E-state index contributed by atoms with van der Waals surface area (Å²) in [5.74, 6) is 0. The predicted octanol–water partition coefficient (Wildman–Crippen LogP) is 3.79. The van der Waals surface area contributed by atoms with Crippen LogP contribution in [0.4, 0.5) is 0 Å². The lowest BCUT2D eigenvalue weighted by atomic mass is 10.0. The molecule has 0 saturated heterocycles. The highest BCUT2D eigenvalue weighted by atomic mass is 15.2. The Balaban J connectivity index is 3.80. The number of nitrogens with zero attached hydrogens (tertiary/aromatic N) is 1. The van der Waals surface area contributed by atoms with Gasteiger partial charge in [-0.25, -0.2) is 0 Å². The van der Waals surface area contributed by atoms with Gasteiger partial charge in [0.1, 0.15) is 0 Å². The van der Waals surface area contributed by atoms with Gasteiger partial charge in [0.15, 0.2) is 0 Å². The second-order valence-corrected chi connectivity index (χ2v) is 5.40. The van der Waals surface area contributed by atoms with Gasteiger partial charge >= 0.3 is 0 Å². The molecular weight excluding hydrogens is 208 g/mol. The van der Waals surface area contributed by atoms with Gasteiger partial charge in [0.2, 0.25) is 0 Å². The fourth-order valence-electron chi connectivity index (χ4n) is 2.45. The van der Waals surface area contributed by atoms with Crippen LogP contribution in [-0.4, -0.2) is 30.6 Å². The molecule has 0 aliphatic rings. The zero-order valence-corrected chi connectivity index (χ0v) is 12.5. The smallest absolute Gasteiger partial charge is 0.0218 e. The lowest BCUT2D eigenvalue weighted by Gasteiger charge is -2.32. The van der Waals surface area contributed by atoms with Gasteiger partial charge in [0, 0.05) is 18.6 Å². The first kappa shape index (κ1) is 16.9. The molecule has 0 bridgehead atoms. The first-order chi connectivity index (χ1) is 8.17. The van der Waals surface area contributed by atoms with Crippen molar-refractivity contribution in [3.8, 4) is 0 Å². The van der Waals surface area contributed by atoms with Crippen molar-refractivity contribution in [1.82, 2.24) is 4.90 Å². The van der Waals surface area contributed by atoms with E-state index >= 15 is 0 Å². The highest BCUT2D eigenvalue weighted by Crippen LogP contribution is 2.14. The van der Waals surface area contributed by atoms with E-state index in [4.69, 9.17) is 5.73 Å². The molecule has 0 fully saturated rings. The third-order valence-electron chi connectivity index (χ3n) is 3.89. The fraction of sp³-hybridized carbons (Fsp3) is 1.00. The van der Waals surface area contributed by atoms with E-state index < -0.39 is 0 Å². The molecule has 0 aliphatic heterocycles. The van der Waals surface area contributed by atoms with Gasteiger partial charge in [0.05, 0.1) is 0 Å². The number of unbranched alkanes of at least 4 members (excludes halogenated alkanes) is 4. The fourth-order valence-corrected chi connectivity index (χ4v) is 2.45. The molecule has 2 heteroatoms. The normalized spacial score (nSPS) is 15.2. The number of likely N-dealkylation sites (N-methyl/N-ethyl adjacent to an activating group) is 1. The molecule has 0 aromatic carbocycles. The first-order valence-electron chi connectivity index (χ1n) is 7.59. The van der Waals surface area contributed by atoms with E-state index in [0.717, 1.165) is 6.54 Å². The minimum Gasteiger partial charge on any atom is -0.329 e.